The van der Waals surface area contributed by atoms with Crippen LogP contribution in [-0.4, -0.2) is 46.6 Å². The number of hydrogen-bond acceptors (Lipinski definition) is 9. The van der Waals surface area contributed by atoms with E-state index in [-0.39, 0.29) is 17.1 Å². The van der Waals surface area contributed by atoms with Gasteiger partial charge < -0.3 is 20.1 Å². The zero-order valence-corrected chi connectivity index (χ0v) is 19.3. The van der Waals surface area contributed by atoms with Crippen molar-refractivity contribution in [1.82, 2.24) is 20.6 Å². The number of nitrogens with one attached hydrogen (secondary N) is 3. The van der Waals surface area contributed by atoms with Crippen LogP contribution >= 0.6 is 11.3 Å². The van der Waals surface area contributed by atoms with Gasteiger partial charge in [-0.05, 0) is 32.9 Å². The van der Waals surface area contributed by atoms with Crippen LogP contribution in [-0.2, 0) is 19.1 Å². The first-order valence-electron chi connectivity index (χ1n) is 9.40. The smallest absolute Gasteiger partial charge is 0.412 e. The summed E-state index contributed by atoms with van der Waals surface area (Å²) in [4.78, 5) is 55.9. The lowest BCUT2D eigenvalue weighted by atomic mass is 10.2. The quantitative estimate of drug-likeness (QED) is 0.410. The van der Waals surface area contributed by atoms with Crippen LogP contribution in [0.2, 0.25) is 0 Å². The molecule has 33 heavy (non-hydrogen) atoms. The minimum atomic E-state index is -0.830. The Labute approximate surface area is 193 Å². The highest BCUT2D eigenvalue weighted by Gasteiger charge is 2.19. The van der Waals surface area contributed by atoms with E-state index in [0.717, 1.165) is 18.4 Å². The third kappa shape index (κ3) is 7.54. The van der Waals surface area contributed by atoms with Crippen molar-refractivity contribution in [3.05, 3.63) is 54.0 Å². The average molecular weight is 474 g/mol. The molecule has 2 rings (SSSR count). The van der Waals surface area contributed by atoms with Crippen LogP contribution in [0.1, 0.15) is 31.3 Å². The number of amides is 3. The molecule has 0 saturated carbocycles. The van der Waals surface area contributed by atoms with Crippen LogP contribution in [0.3, 0.4) is 0 Å². The summed E-state index contributed by atoms with van der Waals surface area (Å²) in [6.07, 6.45) is 0.825. The van der Waals surface area contributed by atoms with E-state index >= 15 is 0 Å². The molecule has 2 aromatic heterocycles. The lowest BCUT2D eigenvalue weighted by Gasteiger charge is -2.19. The van der Waals surface area contributed by atoms with Crippen molar-refractivity contribution in [2.24, 2.45) is 0 Å². The van der Waals surface area contributed by atoms with E-state index in [9.17, 15) is 19.2 Å². The van der Waals surface area contributed by atoms with E-state index < -0.39 is 29.5 Å². The van der Waals surface area contributed by atoms with Gasteiger partial charge in [0.2, 0.25) is 0 Å². The molecule has 3 amide bonds. The van der Waals surface area contributed by atoms with E-state index in [1.54, 1.807) is 32.9 Å². The molecule has 11 nitrogen and oxygen atoms in total. The Hall–Kier alpha value is -4.06. The van der Waals surface area contributed by atoms with Gasteiger partial charge in [0.25, 0.3) is 11.8 Å². The predicted molar refractivity (Wildman–Crippen MR) is 121 cm³/mol. The van der Waals surface area contributed by atoms with Gasteiger partial charge in [-0.25, -0.2) is 14.6 Å². The normalized spacial score (nSPS) is 10.5. The molecule has 0 aliphatic rings. The van der Waals surface area contributed by atoms with Crippen molar-refractivity contribution in [3.63, 3.8) is 0 Å². The summed E-state index contributed by atoms with van der Waals surface area (Å²) in [6.45, 7) is 12.1. The van der Waals surface area contributed by atoms with E-state index in [1.807, 2.05) is 0 Å². The molecule has 12 heteroatoms. The molecule has 0 aromatic carbocycles. The summed E-state index contributed by atoms with van der Waals surface area (Å²) in [6, 6.07) is 3.24. The first-order valence-corrected chi connectivity index (χ1v) is 10.3. The fourth-order valence-corrected chi connectivity index (χ4v) is 2.93. The molecule has 0 saturated heterocycles. The van der Waals surface area contributed by atoms with Gasteiger partial charge in [-0.1, -0.05) is 13.2 Å². The van der Waals surface area contributed by atoms with Gasteiger partial charge in [0.05, 0.1) is 30.4 Å². The summed E-state index contributed by atoms with van der Waals surface area (Å²) >= 11 is 1.16. The Kier molecular flexibility index (Phi) is 8.02. The maximum Gasteiger partial charge on any atom is 0.412 e. The van der Waals surface area contributed by atoms with E-state index in [1.165, 1.54) is 11.6 Å². The van der Waals surface area contributed by atoms with Crippen molar-refractivity contribution in [2.45, 2.75) is 26.4 Å². The van der Waals surface area contributed by atoms with Crippen LogP contribution in [0.4, 0.5) is 10.5 Å². The number of methoxy groups -OCH3 is 1. The first-order chi connectivity index (χ1) is 15.4. The molecule has 174 valence electrons. The highest BCUT2D eigenvalue weighted by molar-refractivity contribution is 7.13. The minimum absolute atomic E-state index is 0.0356. The van der Waals surface area contributed by atoms with Gasteiger partial charge in [-0.15, -0.1) is 11.3 Å². The van der Waals surface area contributed by atoms with Crippen LogP contribution < -0.4 is 16.0 Å². The van der Waals surface area contributed by atoms with Crippen molar-refractivity contribution >= 4 is 40.9 Å². The summed E-state index contributed by atoms with van der Waals surface area (Å²) in [5.41, 5.74) is -0.303. The average Bonchev–Trinajstić information content (AvgIpc) is 3.22. The zero-order chi connectivity index (χ0) is 24.8. The molecule has 0 aliphatic heterocycles. The van der Waals surface area contributed by atoms with E-state index in [4.69, 9.17) is 4.74 Å². The van der Waals surface area contributed by atoms with Gasteiger partial charge in [-0.2, -0.15) is 0 Å². The zero-order valence-electron chi connectivity index (χ0n) is 18.5. The van der Waals surface area contributed by atoms with Crippen molar-refractivity contribution in [2.75, 3.05) is 12.4 Å². The number of rotatable bonds is 7. The van der Waals surface area contributed by atoms with Gasteiger partial charge in [0, 0.05) is 5.38 Å². The highest BCUT2D eigenvalue weighted by atomic mass is 32.1. The maximum atomic E-state index is 12.4. The third-order valence-electron chi connectivity index (χ3n) is 3.60. The number of pyridine rings is 1. The Bertz CT molecular complexity index is 1100. The number of thiazole rings is 1. The van der Waals surface area contributed by atoms with E-state index in [2.05, 4.69) is 43.8 Å². The fraction of sp³-hybridized carbons (Fsp3) is 0.238. The van der Waals surface area contributed by atoms with E-state index in [0.29, 0.717) is 16.4 Å². The van der Waals surface area contributed by atoms with Gasteiger partial charge >= 0.3 is 12.1 Å². The Morgan fingerprint density at radius 2 is 1.76 bits per heavy atom. The number of aromatic nitrogens is 2. The maximum absolute atomic E-state index is 12.4. The lowest BCUT2D eigenvalue weighted by molar-refractivity contribution is -0.137. The predicted octanol–water partition coefficient (Wildman–Crippen LogP) is 2.60. The SMILES string of the molecule is C=C(NC(=O)c1csc(-c2ccc(NC(=O)OC(C)(C)C)cn2)n1)C(=O)NC(=C)C(=O)OC. The lowest BCUT2D eigenvalue weighted by Crippen LogP contribution is -2.35. The molecule has 0 aliphatic carbocycles. The molecular formula is C21H23N5O6S. The highest BCUT2D eigenvalue weighted by Crippen LogP contribution is 2.23. The van der Waals surface area contributed by atoms with Crippen LogP contribution in [0.25, 0.3) is 10.7 Å². The molecule has 0 bridgehead atoms. The second kappa shape index (κ2) is 10.5. The Balaban J connectivity index is 1.98. The van der Waals surface area contributed by atoms with Gasteiger partial charge in [0.15, 0.2) is 0 Å². The monoisotopic (exact) mass is 473 g/mol. The van der Waals surface area contributed by atoms with Gasteiger partial charge in [-0.3, -0.25) is 19.9 Å². The second-order valence-electron chi connectivity index (χ2n) is 7.45. The standard InChI is InChI=1S/C21H23N5O6S/c1-11(16(27)24-12(2)19(29)31-6)23-17(28)15-10-33-18(26-15)14-8-7-13(9-22-14)25-20(30)32-21(3,4)5/h7-10H,1-2H2,3-6H3,(H,23,28)(H,24,27)(H,25,30). The Morgan fingerprint density at radius 3 is 2.33 bits per heavy atom. The third-order valence-corrected chi connectivity index (χ3v) is 4.46. The van der Waals surface area contributed by atoms with Crippen LogP contribution in [0, 0.1) is 0 Å². The van der Waals surface area contributed by atoms with Crippen LogP contribution in [0.15, 0.2) is 48.3 Å². The molecule has 0 unspecified atom stereocenters. The molecular weight excluding hydrogens is 450 g/mol. The molecule has 0 spiro atoms. The van der Waals surface area contributed by atoms with Gasteiger partial charge in [0.1, 0.15) is 22.0 Å². The number of hydrogen-bond donors (Lipinski definition) is 3. The molecule has 0 radical (unpaired) electrons. The number of anilines is 1. The second-order valence-corrected chi connectivity index (χ2v) is 8.31. The molecule has 0 fully saturated rings. The minimum Gasteiger partial charge on any atom is -0.464 e. The molecule has 2 aromatic rings. The topological polar surface area (TPSA) is 149 Å². The summed E-state index contributed by atoms with van der Waals surface area (Å²) < 4.78 is 9.60. The number of nitrogens with zero attached hydrogens (tertiary/aromatic N) is 2. The largest absolute Gasteiger partial charge is 0.464 e. The number of esters is 1. The fourth-order valence-electron chi connectivity index (χ4n) is 2.16. The van der Waals surface area contributed by atoms with Crippen LogP contribution in [0.5, 0.6) is 0 Å². The number of carbonyl (C=O) groups is 4. The Morgan fingerprint density at radius 1 is 1.06 bits per heavy atom. The van der Waals surface area contributed by atoms with Crippen molar-refractivity contribution < 1.29 is 28.7 Å². The van der Waals surface area contributed by atoms with Crippen molar-refractivity contribution in [3.8, 4) is 10.7 Å². The number of ether oxygens (including phenoxy) is 2. The summed E-state index contributed by atoms with van der Waals surface area (Å²) in [7, 11) is 1.13. The summed E-state index contributed by atoms with van der Waals surface area (Å²) in [5.74, 6) is -2.33. The molecule has 2 heterocycles. The summed E-state index contributed by atoms with van der Waals surface area (Å²) in [5, 5.41) is 8.95. The first kappa shape index (κ1) is 25.2. The molecule has 3 N–H and O–H groups in total. The number of carbonyl (C=O) groups excluding carboxylic acids is 4. The van der Waals surface area contributed by atoms with Crippen molar-refractivity contribution in [1.29, 1.82) is 0 Å². The molecule has 0 atom stereocenters.